The zero-order valence-corrected chi connectivity index (χ0v) is 11.1. The fraction of sp³-hybridized carbons (Fsp3) is 0.846. The molecule has 0 bridgehead atoms. The Balaban J connectivity index is 4.77. The summed E-state index contributed by atoms with van der Waals surface area (Å²) in [6.45, 7) is 15.5. The molecule has 0 fully saturated rings. The molecule has 0 aliphatic rings. The van der Waals surface area contributed by atoms with E-state index in [4.69, 9.17) is 4.74 Å². The van der Waals surface area contributed by atoms with Crippen LogP contribution in [0.4, 0.5) is 0 Å². The molecule has 0 radical (unpaired) electrons. The summed E-state index contributed by atoms with van der Waals surface area (Å²) < 4.78 is 5.50. The third kappa shape index (κ3) is 4.28. The van der Waals surface area contributed by atoms with Gasteiger partial charge in [0.15, 0.2) is 0 Å². The highest BCUT2D eigenvalue weighted by Crippen LogP contribution is 2.29. The molecule has 0 rings (SSSR count). The summed E-state index contributed by atoms with van der Waals surface area (Å²) in [5.41, 5.74) is 1.79. The highest BCUT2D eigenvalue weighted by molar-refractivity contribution is 5.11. The molecule has 0 amide bonds. The van der Waals surface area contributed by atoms with Gasteiger partial charge in [-0.15, -0.1) is 0 Å². The first kappa shape index (κ1) is 13.7. The smallest absolute Gasteiger partial charge is 0.0802 e. The molecule has 1 atom stereocenters. The minimum atomic E-state index is 0.168. The van der Waals surface area contributed by atoms with Gasteiger partial charge in [-0.3, -0.25) is 0 Å². The van der Waals surface area contributed by atoms with Crippen molar-refractivity contribution in [2.45, 2.75) is 54.6 Å². The van der Waals surface area contributed by atoms with E-state index in [-0.39, 0.29) is 16.9 Å². The molecule has 0 aromatic carbocycles. The van der Waals surface area contributed by atoms with Crippen LogP contribution in [0.1, 0.15) is 48.5 Å². The monoisotopic (exact) mass is 198 g/mol. The average molecular weight is 198 g/mol. The molecule has 0 spiro atoms. The van der Waals surface area contributed by atoms with E-state index in [1.807, 2.05) is 0 Å². The SMILES string of the molecule is COC(/C=C(\C)C(C)(C)C)C(C)(C)C. The summed E-state index contributed by atoms with van der Waals surface area (Å²) in [7, 11) is 1.78. The van der Waals surface area contributed by atoms with Gasteiger partial charge in [-0.1, -0.05) is 53.2 Å². The lowest BCUT2D eigenvalue weighted by Gasteiger charge is -2.29. The number of rotatable bonds is 2. The van der Waals surface area contributed by atoms with Gasteiger partial charge in [0.05, 0.1) is 6.10 Å². The van der Waals surface area contributed by atoms with Crippen molar-refractivity contribution >= 4 is 0 Å². The van der Waals surface area contributed by atoms with Crippen molar-refractivity contribution in [3.05, 3.63) is 11.6 Å². The first-order chi connectivity index (χ1) is 6.09. The van der Waals surface area contributed by atoms with Crippen LogP contribution in [0.15, 0.2) is 11.6 Å². The lowest BCUT2D eigenvalue weighted by atomic mass is 9.82. The van der Waals surface area contributed by atoms with Crippen LogP contribution in [0.2, 0.25) is 0 Å². The van der Waals surface area contributed by atoms with Crippen LogP contribution in [0.25, 0.3) is 0 Å². The third-order valence-corrected chi connectivity index (χ3v) is 2.69. The number of allylic oxidation sites excluding steroid dienone is 1. The summed E-state index contributed by atoms with van der Waals surface area (Å²) in [5.74, 6) is 0. The van der Waals surface area contributed by atoms with Crippen LogP contribution < -0.4 is 0 Å². The van der Waals surface area contributed by atoms with Crippen LogP contribution in [0.5, 0.6) is 0 Å². The summed E-state index contributed by atoms with van der Waals surface area (Å²) >= 11 is 0. The van der Waals surface area contributed by atoms with Crippen LogP contribution in [-0.2, 0) is 4.74 Å². The quantitative estimate of drug-likeness (QED) is 0.608. The largest absolute Gasteiger partial charge is 0.377 e. The second-order valence-corrected chi connectivity index (χ2v) is 6.12. The minimum absolute atomic E-state index is 0.168. The van der Waals surface area contributed by atoms with E-state index in [1.54, 1.807) is 7.11 Å². The highest BCUT2D eigenvalue weighted by atomic mass is 16.5. The lowest BCUT2D eigenvalue weighted by molar-refractivity contribution is 0.0521. The fourth-order valence-electron chi connectivity index (χ4n) is 1.15. The molecule has 0 saturated carbocycles. The van der Waals surface area contributed by atoms with Crippen molar-refractivity contribution in [2.24, 2.45) is 10.8 Å². The molecular weight excluding hydrogens is 172 g/mol. The Morgan fingerprint density at radius 3 is 1.71 bits per heavy atom. The number of hydrogen-bond acceptors (Lipinski definition) is 1. The van der Waals surface area contributed by atoms with Gasteiger partial charge in [0, 0.05) is 7.11 Å². The summed E-state index contributed by atoms with van der Waals surface area (Å²) in [6, 6.07) is 0. The predicted molar refractivity (Wildman–Crippen MR) is 63.5 cm³/mol. The molecule has 0 aromatic heterocycles. The van der Waals surface area contributed by atoms with Crippen molar-refractivity contribution in [1.29, 1.82) is 0 Å². The topological polar surface area (TPSA) is 9.23 Å². The maximum atomic E-state index is 5.50. The molecular formula is C13H26O. The number of methoxy groups -OCH3 is 1. The Hall–Kier alpha value is -0.300. The third-order valence-electron chi connectivity index (χ3n) is 2.69. The van der Waals surface area contributed by atoms with E-state index in [9.17, 15) is 0 Å². The molecule has 0 saturated heterocycles. The summed E-state index contributed by atoms with van der Waals surface area (Å²) in [4.78, 5) is 0. The second-order valence-electron chi connectivity index (χ2n) is 6.12. The Morgan fingerprint density at radius 1 is 1.07 bits per heavy atom. The Kier molecular flexibility index (Phi) is 4.38. The molecule has 1 heteroatoms. The van der Waals surface area contributed by atoms with Gasteiger partial charge < -0.3 is 4.74 Å². The van der Waals surface area contributed by atoms with Crippen molar-refractivity contribution in [3.8, 4) is 0 Å². The predicted octanol–water partition coefficient (Wildman–Crippen LogP) is 4.04. The van der Waals surface area contributed by atoms with Crippen molar-refractivity contribution in [3.63, 3.8) is 0 Å². The van der Waals surface area contributed by atoms with Gasteiger partial charge in [-0.25, -0.2) is 0 Å². The van der Waals surface area contributed by atoms with E-state index < -0.39 is 0 Å². The van der Waals surface area contributed by atoms with Crippen LogP contribution in [-0.4, -0.2) is 13.2 Å². The highest BCUT2D eigenvalue weighted by Gasteiger charge is 2.24. The second kappa shape index (κ2) is 4.48. The minimum Gasteiger partial charge on any atom is -0.377 e. The number of hydrogen-bond donors (Lipinski definition) is 0. The molecule has 0 aliphatic heterocycles. The number of ether oxygens (including phenoxy) is 1. The molecule has 1 nitrogen and oxygen atoms in total. The van der Waals surface area contributed by atoms with Gasteiger partial charge in [0.1, 0.15) is 0 Å². The van der Waals surface area contributed by atoms with Gasteiger partial charge in [0.25, 0.3) is 0 Å². The van der Waals surface area contributed by atoms with Crippen molar-refractivity contribution < 1.29 is 4.74 Å². The van der Waals surface area contributed by atoms with E-state index in [2.05, 4.69) is 54.5 Å². The van der Waals surface area contributed by atoms with E-state index >= 15 is 0 Å². The van der Waals surface area contributed by atoms with E-state index in [0.717, 1.165) is 0 Å². The van der Waals surface area contributed by atoms with Gasteiger partial charge in [0.2, 0.25) is 0 Å². The normalized spacial score (nSPS) is 17.0. The van der Waals surface area contributed by atoms with Gasteiger partial charge in [-0.05, 0) is 17.8 Å². The molecule has 84 valence electrons. The summed E-state index contributed by atoms with van der Waals surface area (Å²) in [6.07, 6.45) is 2.45. The van der Waals surface area contributed by atoms with Gasteiger partial charge in [-0.2, -0.15) is 0 Å². The maximum absolute atomic E-state index is 5.50. The van der Waals surface area contributed by atoms with E-state index in [1.165, 1.54) is 5.57 Å². The first-order valence-electron chi connectivity index (χ1n) is 5.30. The molecule has 0 N–H and O–H groups in total. The zero-order valence-electron chi connectivity index (χ0n) is 11.1. The zero-order chi connectivity index (χ0) is 11.6. The standard InChI is InChI=1S/C13H26O/c1-10(12(2,3)4)9-11(14-8)13(5,6)7/h9,11H,1-8H3/b10-9+. The Bertz CT molecular complexity index is 200. The molecule has 0 aromatic rings. The fourth-order valence-corrected chi connectivity index (χ4v) is 1.15. The van der Waals surface area contributed by atoms with Gasteiger partial charge >= 0.3 is 0 Å². The Morgan fingerprint density at radius 2 is 1.50 bits per heavy atom. The van der Waals surface area contributed by atoms with Crippen LogP contribution in [0.3, 0.4) is 0 Å². The van der Waals surface area contributed by atoms with Crippen LogP contribution in [0, 0.1) is 10.8 Å². The van der Waals surface area contributed by atoms with E-state index in [0.29, 0.717) is 0 Å². The summed E-state index contributed by atoms with van der Waals surface area (Å²) in [5, 5.41) is 0. The molecule has 0 heterocycles. The maximum Gasteiger partial charge on any atom is 0.0802 e. The van der Waals surface area contributed by atoms with Crippen molar-refractivity contribution in [2.75, 3.05) is 7.11 Å². The van der Waals surface area contributed by atoms with Crippen molar-refractivity contribution in [1.82, 2.24) is 0 Å². The van der Waals surface area contributed by atoms with Crippen LogP contribution >= 0.6 is 0 Å². The lowest BCUT2D eigenvalue weighted by Crippen LogP contribution is -2.27. The molecule has 0 aliphatic carbocycles. The molecule has 14 heavy (non-hydrogen) atoms. The Labute approximate surface area is 89.5 Å². The first-order valence-corrected chi connectivity index (χ1v) is 5.30. The molecule has 1 unspecified atom stereocenters. The average Bonchev–Trinajstić information content (AvgIpc) is 1.95.